The maximum absolute atomic E-state index is 17.3. The summed E-state index contributed by atoms with van der Waals surface area (Å²) in [5.41, 5.74) is 3.00. The van der Waals surface area contributed by atoms with Crippen LogP contribution >= 0.6 is 11.6 Å². The number of pyridine rings is 1. The Hall–Kier alpha value is -3.57. The van der Waals surface area contributed by atoms with Gasteiger partial charge >= 0.3 is 6.09 Å². The van der Waals surface area contributed by atoms with Crippen LogP contribution in [0.3, 0.4) is 0 Å². The lowest BCUT2D eigenvalue weighted by Crippen LogP contribution is -2.43. The fourth-order valence-corrected chi connectivity index (χ4v) is 9.51. The van der Waals surface area contributed by atoms with Gasteiger partial charge in [0.15, 0.2) is 5.82 Å². The lowest BCUT2D eigenvalue weighted by Gasteiger charge is -2.32. The van der Waals surface area contributed by atoms with E-state index in [0.29, 0.717) is 53.6 Å². The number of nitrogens with zero attached hydrogens (tertiary/aromatic N) is 6. The van der Waals surface area contributed by atoms with Crippen molar-refractivity contribution in [3.63, 3.8) is 0 Å². The van der Waals surface area contributed by atoms with Gasteiger partial charge in [-0.3, -0.25) is 15.0 Å². The maximum Gasteiger partial charge on any atom is 0.407 e. The molecule has 8 heterocycles. The molecular weight excluding hydrogens is 619 g/mol. The number of amides is 1. The highest BCUT2D eigenvalue weighted by atomic mass is 35.5. The lowest BCUT2D eigenvalue weighted by atomic mass is 9.88. The van der Waals surface area contributed by atoms with Gasteiger partial charge in [-0.25, -0.2) is 19.2 Å². The summed E-state index contributed by atoms with van der Waals surface area (Å²) >= 11 is 6.97. The maximum atomic E-state index is 17.3. The third-order valence-electron chi connectivity index (χ3n) is 11.6. The van der Waals surface area contributed by atoms with Crippen LogP contribution in [-0.4, -0.2) is 80.5 Å². The highest BCUT2D eigenvalue weighted by molar-refractivity contribution is 6.33. The number of aromatic amines is 1. The minimum Gasteiger partial charge on any atom is -0.450 e. The highest BCUT2D eigenvalue weighted by Gasteiger charge is 2.44. The predicted molar refractivity (Wildman–Crippen MR) is 178 cm³/mol. The number of benzene rings is 1. The largest absolute Gasteiger partial charge is 0.450 e. The molecule has 47 heavy (non-hydrogen) atoms. The van der Waals surface area contributed by atoms with Crippen molar-refractivity contribution in [1.29, 1.82) is 0 Å². The molecule has 4 aromatic rings. The van der Waals surface area contributed by atoms with E-state index in [1.165, 1.54) is 25.7 Å². The van der Waals surface area contributed by atoms with E-state index in [4.69, 9.17) is 31.3 Å². The number of hydrogen-bond donors (Lipinski definition) is 2. The molecule has 2 N–H and O–H groups in total. The van der Waals surface area contributed by atoms with Crippen molar-refractivity contribution < 1.29 is 13.9 Å². The van der Waals surface area contributed by atoms with E-state index in [1.54, 1.807) is 12.4 Å². The monoisotopic (exact) mass is 658 g/mol. The van der Waals surface area contributed by atoms with Crippen molar-refractivity contribution in [3.05, 3.63) is 40.7 Å². The summed E-state index contributed by atoms with van der Waals surface area (Å²) < 4.78 is 23.0. The molecule has 246 valence electrons. The quantitative estimate of drug-likeness (QED) is 0.256. The number of aromatic nitrogens is 5. The second-order valence-corrected chi connectivity index (χ2v) is 14.8. The van der Waals surface area contributed by atoms with Crippen LogP contribution in [0.1, 0.15) is 81.5 Å². The molecule has 5 aliphatic heterocycles. The molecule has 6 aliphatic rings. The number of anilines is 1. The number of H-pyrrole nitrogens is 1. The van der Waals surface area contributed by atoms with Gasteiger partial charge in [0.25, 0.3) is 0 Å². The van der Waals surface area contributed by atoms with Crippen LogP contribution in [0.15, 0.2) is 18.5 Å². The van der Waals surface area contributed by atoms with E-state index in [-0.39, 0.29) is 40.7 Å². The minimum atomic E-state index is -0.454. The number of carbonyl (C=O) groups excluding carboxylic acids is 1. The molecule has 10 nitrogen and oxygen atoms in total. The molecule has 1 saturated carbocycles. The Morgan fingerprint density at radius 2 is 1.94 bits per heavy atom. The van der Waals surface area contributed by atoms with Gasteiger partial charge in [-0.1, -0.05) is 11.6 Å². The van der Waals surface area contributed by atoms with E-state index < -0.39 is 5.82 Å². The van der Waals surface area contributed by atoms with Gasteiger partial charge in [0, 0.05) is 53.3 Å². The number of halogens is 2. The Balaban J connectivity index is 1.22. The average Bonchev–Trinajstić information content (AvgIpc) is 3.32. The highest BCUT2D eigenvalue weighted by Crippen LogP contribution is 2.56. The molecule has 3 atom stereocenters. The molecule has 1 aliphatic carbocycles. The SMILES string of the molecule is O=C1NC2CCCCN(C2)c2nc(CCC34CCCN3CCC4)nc3c(F)c(ncc23)-c2c(c(Cl)cc3[nH]ncc23)C2CC2CCO1. The van der Waals surface area contributed by atoms with E-state index in [0.717, 1.165) is 68.2 Å². The number of rotatable bonds is 3. The van der Waals surface area contributed by atoms with Crippen LogP contribution in [0, 0.1) is 11.7 Å². The van der Waals surface area contributed by atoms with Gasteiger partial charge < -0.3 is 15.0 Å². The van der Waals surface area contributed by atoms with Gasteiger partial charge in [0.2, 0.25) is 0 Å². The summed E-state index contributed by atoms with van der Waals surface area (Å²) in [7, 11) is 0. The Morgan fingerprint density at radius 3 is 2.81 bits per heavy atom. The number of alkyl carbamates (subject to hydrolysis) is 1. The fourth-order valence-electron chi connectivity index (χ4n) is 9.17. The standard InChI is InChI=1S/C35H40ClFN8O2/c36-25-16-26-23(18-39-43-26)29-28(25)22-15-20(22)7-14-47-34(46)40-21-5-1-2-11-44(19-21)33-24-17-38-32(29)30(37)31(24)41-27(42-33)6-10-35-8-3-12-45(35)13-4-9-35/h16-18,20-22H,1-15,19H2,(H,39,43)(H,40,46). The topological polar surface area (TPSA) is 112 Å². The molecule has 3 unspecified atom stereocenters. The number of aryl methyl sites for hydroxylation is 1. The molecule has 1 aromatic carbocycles. The first-order valence-electron chi connectivity index (χ1n) is 17.4. The molecule has 10 rings (SSSR count). The molecule has 3 aromatic heterocycles. The smallest absolute Gasteiger partial charge is 0.407 e. The van der Waals surface area contributed by atoms with Crippen molar-refractivity contribution in [2.45, 2.75) is 88.1 Å². The van der Waals surface area contributed by atoms with Crippen LogP contribution in [0.2, 0.25) is 5.02 Å². The second kappa shape index (κ2) is 11.5. The van der Waals surface area contributed by atoms with Crippen molar-refractivity contribution in [1.82, 2.24) is 35.4 Å². The minimum absolute atomic E-state index is 0.0985. The summed E-state index contributed by atoms with van der Waals surface area (Å²) in [5.74, 6) is 1.25. The van der Waals surface area contributed by atoms with Crippen molar-refractivity contribution in [2.24, 2.45) is 5.92 Å². The van der Waals surface area contributed by atoms with Gasteiger partial charge in [-0.2, -0.15) is 5.10 Å². The number of fused-ring (bicyclic) bond motifs is 7. The van der Waals surface area contributed by atoms with Crippen LogP contribution in [0.25, 0.3) is 33.1 Å². The van der Waals surface area contributed by atoms with E-state index in [9.17, 15) is 4.79 Å². The lowest BCUT2D eigenvalue weighted by molar-refractivity contribution is 0.138. The Bertz CT molecular complexity index is 1870. The van der Waals surface area contributed by atoms with Crippen molar-refractivity contribution in [3.8, 4) is 11.3 Å². The molecule has 6 bridgehead atoms. The van der Waals surface area contributed by atoms with E-state index in [1.807, 2.05) is 6.07 Å². The van der Waals surface area contributed by atoms with Crippen LogP contribution in [-0.2, 0) is 11.2 Å². The third kappa shape index (κ3) is 5.12. The van der Waals surface area contributed by atoms with Crippen LogP contribution in [0.5, 0.6) is 0 Å². The summed E-state index contributed by atoms with van der Waals surface area (Å²) in [6.07, 6.45) is 13.9. The van der Waals surface area contributed by atoms with Crippen LogP contribution < -0.4 is 10.2 Å². The molecule has 0 radical (unpaired) electrons. The number of hydrogen-bond acceptors (Lipinski definition) is 8. The Labute approximate surface area is 277 Å². The van der Waals surface area contributed by atoms with Gasteiger partial charge in [-0.05, 0) is 101 Å². The third-order valence-corrected chi connectivity index (χ3v) is 11.9. The van der Waals surface area contributed by atoms with E-state index >= 15 is 4.39 Å². The summed E-state index contributed by atoms with van der Waals surface area (Å²) in [6, 6.07) is 1.76. The zero-order chi connectivity index (χ0) is 31.7. The Morgan fingerprint density at radius 1 is 1.06 bits per heavy atom. The number of nitrogens with one attached hydrogen (secondary N) is 2. The zero-order valence-corrected chi connectivity index (χ0v) is 27.3. The van der Waals surface area contributed by atoms with Gasteiger partial charge in [-0.15, -0.1) is 0 Å². The van der Waals surface area contributed by atoms with Crippen molar-refractivity contribution >= 4 is 45.3 Å². The molecule has 3 saturated heterocycles. The summed E-state index contributed by atoms with van der Waals surface area (Å²) in [4.78, 5) is 32.8. The average molecular weight is 659 g/mol. The number of ether oxygens (including phenoxy) is 1. The Kier molecular flexibility index (Phi) is 7.26. The van der Waals surface area contributed by atoms with Crippen molar-refractivity contribution in [2.75, 3.05) is 37.7 Å². The summed E-state index contributed by atoms with van der Waals surface area (Å²) in [5, 5.41) is 12.3. The van der Waals surface area contributed by atoms with E-state index in [2.05, 4.69) is 25.3 Å². The molecule has 0 spiro atoms. The van der Waals surface area contributed by atoms with Crippen LogP contribution in [0.4, 0.5) is 15.0 Å². The first-order chi connectivity index (χ1) is 23.0. The second-order valence-electron chi connectivity index (χ2n) is 14.4. The van der Waals surface area contributed by atoms with Gasteiger partial charge in [0.05, 0.1) is 23.7 Å². The predicted octanol–water partition coefficient (Wildman–Crippen LogP) is 6.51. The zero-order valence-electron chi connectivity index (χ0n) is 26.5. The number of carbonyl (C=O) groups is 1. The van der Waals surface area contributed by atoms with Gasteiger partial charge in [0.1, 0.15) is 22.9 Å². The molecular formula is C35H40ClFN8O2. The molecule has 4 fully saturated rings. The molecule has 1 amide bonds. The normalized spacial score (nSPS) is 25.7. The summed E-state index contributed by atoms with van der Waals surface area (Å²) in [6.45, 7) is 3.94. The molecule has 12 heteroatoms. The fraction of sp³-hybridized carbons (Fsp3) is 0.571. The first-order valence-corrected chi connectivity index (χ1v) is 17.8. The first kappa shape index (κ1) is 29.6.